The van der Waals surface area contributed by atoms with Crippen LogP contribution in [0.3, 0.4) is 0 Å². The van der Waals surface area contributed by atoms with Gasteiger partial charge in [0.2, 0.25) is 0 Å². The third-order valence-corrected chi connectivity index (χ3v) is 4.33. The number of nitrogens with zero attached hydrogens (tertiary/aromatic N) is 3. The topological polar surface area (TPSA) is 133 Å². The van der Waals surface area contributed by atoms with E-state index in [1.165, 1.54) is 19.2 Å². The van der Waals surface area contributed by atoms with Crippen LogP contribution in [0, 0.1) is 17.0 Å². The second-order valence-electron chi connectivity index (χ2n) is 6.58. The molecule has 10 nitrogen and oxygen atoms in total. The second kappa shape index (κ2) is 8.52. The summed E-state index contributed by atoms with van der Waals surface area (Å²) in [5, 5.41) is 18.5. The van der Waals surface area contributed by atoms with Gasteiger partial charge in [0.15, 0.2) is 6.61 Å². The van der Waals surface area contributed by atoms with Crippen LogP contribution < -0.4 is 10.9 Å². The van der Waals surface area contributed by atoms with E-state index in [0.717, 1.165) is 4.68 Å². The Morgan fingerprint density at radius 1 is 1.20 bits per heavy atom. The molecule has 0 fully saturated rings. The molecule has 2 aromatic carbocycles. The van der Waals surface area contributed by atoms with Crippen LogP contribution in [-0.2, 0) is 27.8 Å². The van der Waals surface area contributed by atoms with Crippen LogP contribution in [0.1, 0.15) is 11.3 Å². The first-order valence-electron chi connectivity index (χ1n) is 8.91. The fraction of sp³-hybridized carbons (Fsp3) is 0.200. The number of rotatable bonds is 6. The lowest BCUT2D eigenvalue weighted by atomic mass is 10.1. The van der Waals surface area contributed by atoms with Crippen molar-refractivity contribution in [1.29, 1.82) is 0 Å². The molecule has 1 heterocycles. The fourth-order valence-electron chi connectivity index (χ4n) is 2.93. The largest absolute Gasteiger partial charge is 0.455 e. The van der Waals surface area contributed by atoms with Crippen LogP contribution in [0.2, 0.25) is 0 Å². The molecular weight excluding hydrogens is 392 g/mol. The summed E-state index contributed by atoms with van der Waals surface area (Å²) >= 11 is 0. The Morgan fingerprint density at radius 3 is 2.60 bits per heavy atom. The molecule has 0 saturated heterocycles. The van der Waals surface area contributed by atoms with E-state index in [0.29, 0.717) is 22.0 Å². The minimum absolute atomic E-state index is 0.0115. The van der Waals surface area contributed by atoms with Crippen LogP contribution in [-0.4, -0.2) is 33.2 Å². The number of nitro groups is 1. The van der Waals surface area contributed by atoms with Gasteiger partial charge < -0.3 is 10.1 Å². The number of carbonyl (C=O) groups excluding carboxylic acids is 2. The number of aryl methyl sites for hydroxylation is 2. The number of amides is 1. The Morgan fingerprint density at radius 2 is 1.90 bits per heavy atom. The summed E-state index contributed by atoms with van der Waals surface area (Å²) in [7, 11) is 1.48. The first-order chi connectivity index (χ1) is 14.3. The molecular formula is C20H18N4O6. The zero-order valence-electron chi connectivity index (χ0n) is 16.2. The van der Waals surface area contributed by atoms with E-state index in [2.05, 4.69) is 10.4 Å². The van der Waals surface area contributed by atoms with Crippen molar-refractivity contribution in [2.75, 3.05) is 11.9 Å². The van der Waals surface area contributed by atoms with Crippen LogP contribution in [0.5, 0.6) is 0 Å². The number of esters is 1. The van der Waals surface area contributed by atoms with Crippen molar-refractivity contribution in [1.82, 2.24) is 9.78 Å². The average molecular weight is 410 g/mol. The van der Waals surface area contributed by atoms with Crippen molar-refractivity contribution in [3.8, 4) is 0 Å². The maximum absolute atomic E-state index is 12.2. The summed E-state index contributed by atoms with van der Waals surface area (Å²) in [5.41, 5.74) is 0.477. The molecule has 0 radical (unpaired) electrons. The zero-order chi connectivity index (χ0) is 21.8. The van der Waals surface area contributed by atoms with E-state index in [9.17, 15) is 24.5 Å². The Hall–Kier alpha value is -4.08. The predicted molar refractivity (Wildman–Crippen MR) is 108 cm³/mol. The van der Waals surface area contributed by atoms with Gasteiger partial charge in [-0.05, 0) is 24.6 Å². The monoisotopic (exact) mass is 410 g/mol. The third-order valence-electron chi connectivity index (χ3n) is 4.33. The summed E-state index contributed by atoms with van der Waals surface area (Å²) in [6, 6.07) is 11.1. The Kier molecular flexibility index (Phi) is 5.86. The molecule has 3 rings (SSSR count). The van der Waals surface area contributed by atoms with Crippen molar-refractivity contribution >= 4 is 34.0 Å². The number of nitrogens with one attached hydrogen (secondary N) is 1. The highest BCUT2D eigenvalue weighted by Gasteiger charge is 2.18. The molecule has 154 valence electrons. The van der Waals surface area contributed by atoms with E-state index < -0.39 is 23.4 Å². The SMILES string of the molecule is Cc1ccc(NC(=O)COC(=O)Cc2nn(C)c(=O)c3ccccc23)c([N+](=O)[O-])c1. The van der Waals surface area contributed by atoms with E-state index in [4.69, 9.17) is 4.74 Å². The predicted octanol–water partition coefficient (Wildman–Crippen LogP) is 1.87. The normalized spacial score (nSPS) is 10.6. The molecule has 0 bridgehead atoms. The van der Waals surface area contributed by atoms with E-state index >= 15 is 0 Å². The Balaban J connectivity index is 1.67. The molecule has 0 spiro atoms. The number of carbonyl (C=O) groups is 2. The quantitative estimate of drug-likeness (QED) is 0.372. The summed E-state index contributed by atoms with van der Waals surface area (Å²) in [5.74, 6) is -1.44. The first kappa shape index (κ1) is 20.6. The van der Waals surface area contributed by atoms with Crippen molar-refractivity contribution in [3.05, 3.63) is 74.2 Å². The number of hydrogen-bond donors (Lipinski definition) is 1. The van der Waals surface area contributed by atoms with Gasteiger partial charge in [0.25, 0.3) is 17.2 Å². The maximum Gasteiger partial charge on any atom is 0.312 e. The Labute approximate surface area is 170 Å². The van der Waals surface area contributed by atoms with Crippen molar-refractivity contribution in [2.45, 2.75) is 13.3 Å². The van der Waals surface area contributed by atoms with Crippen molar-refractivity contribution in [2.24, 2.45) is 7.05 Å². The molecule has 3 aromatic rings. The van der Waals surface area contributed by atoms with Gasteiger partial charge in [0.05, 0.1) is 22.4 Å². The summed E-state index contributed by atoms with van der Waals surface area (Å²) in [4.78, 5) is 46.9. The molecule has 1 amide bonds. The van der Waals surface area contributed by atoms with Gasteiger partial charge in [0, 0.05) is 18.5 Å². The van der Waals surface area contributed by atoms with E-state index in [-0.39, 0.29) is 23.4 Å². The average Bonchev–Trinajstić information content (AvgIpc) is 2.71. The number of ether oxygens (including phenoxy) is 1. The highest BCUT2D eigenvalue weighted by molar-refractivity contribution is 5.95. The van der Waals surface area contributed by atoms with Crippen LogP contribution in [0.4, 0.5) is 11.4 Å². The Bertz CT molecular complexity index is 1220. The smallest absolute Gasteiger partial charge is 0.312 e. The molecule has 10 heteroatoms. The standard InChI is InChI=1S/C20H18N4O6/c1-12-7-8-15(17(9-12)24(28)29)21-18(25)11-30-19(26)10-16-13-5-3-4-6-14(13)20(27)23(2)22-16/h3-9H,10-11H2,1-2H3,(H,21,25). The molecule has 0 aliphatic rings. The van der Waals surface area contributed by atoms with Crippen LogP contribution >= 0.6 is 0 Å². The molecule has 0 saturated carbocycles. The van der Waals surface area contributed by atoms with Crippen LogP contribution in [0.25, 0.3) is 10.8 Å². The molecule has 0 aliphatic heterocycles. The van der Waals surface area contributed by atoms with Gasteiger partial charge in [-0.1, -0.05) is 24.3 Å². The number of fused-ring (bicyclic) bond motifs is 1. The maximum atomic E-state index is 12.2. The van der Waals surface area contributed by atoms with Crippen molar-refractivity contribution < 1.29 is 19.2 Å². The first-order valence-corrected chi connectivity index (χ1v) is 8.91. The van der Waals surface area contributed by atoms with Gasteiger partial charge in [-0.15, -0.1) is 0 Å². The summed E-state index contributed by atoms with van der Waals surface area (Å²) < 4.78 is 6.11. The van der Waals surface area contributed by atoms with Crippen molar-refractivity contribution in [3.63, 3.8) is 0 Å². The lowest BCUT2D eigenvalue weighted by Crippen LogP contribution is -2.25. The van der Waals surface area contributed by atoms with Gasteiger partial charge >= 0.3 is 5.97 Å². The number of anilines is 1. The second-order valence-corrected chi connectivity index (χ2v) is 6.58. The number of aromatic nitrogens is 2. The summed E-state index contributed by atoms with van der Waals surface area (Å²) in [6.45, 7) is 1.07. The highest BCUT2D eigenvalue weighted by Crippen LogP contribution is 2.25. The number of benzene rings is 2. The summed E-state index contributed by atoms with van der Waals surface area (Å²) in [6.07, 6.45) is -0.243. The zero-order valence-corrected chi connectivity index (χ0v) is 16.2. The number of hydrogen-bond acceptors (Lipinski definition) is 7. The van der Waals surface area contributed by atoms with Gasteiger partial charge in [-0.25, -0.2) is 4.68 Å². The third kappa shape index (κ3) is 4.49. The highest BCUT2D eigenvalue weighted by atomic mass is 16.6. The van der Waals surface area contributed by atoms with Gasteiger partial charge in [-0.3, -0.25) is 24.5 Å². The fourth-order valence-corrected chi connectivity index (χ4v) is 2.93. The van der Waals surface area contributed by atoms with E-state index in [1.54, 1.807) is 37.3 Å². The van der Waals surface area contributed by atoms with E-state index in [1.807, 2.05) is 0 Å². The molecule has 0 atom stereocenters. The molecule has 1 N–H and O–H groups in total. The molecule has 1 aromatic heterocycles. The van der Waals surface area contributed by atoms with Gasteiger partial charge in [-0.2, -0.15) is 5.10 Å². The molecule has 30 heavy (non-hydrogen) atoms. The minimum Gasteiger partial charge on any atom is -0.455 e. The van der Waals surface area contributed by atoms with Crippen LogP contribution in [0.15, 0.2) is 47.3 Å². The molecule has 0 unspecified atom stereocenters. The molecule has 0 aliphatic carbocycles. The minimum atomic E-state index is -0.722. The lowest BCUT2D eigenvalue weighted by molar-refractivity contribution is -0.384. The van der Waals surface area contributed by atoms with Gasteiger partial charge in [0.1, 0.15) is 5.69 Å². The lowest BCUT2D eigenvalue weighted by Gasteiger charge is -2.09. The number of nitro benzene ring substituents is 1.